The topological polar surface area (TPSA) is 565 Å². The lowest BCUT2D eigenvalue weighted by Crippen LogP contribution is -2.63. The van der Waals surface area contributed by atoms with Gasteiger partial charge >= 0.3 is 17.9 Å². The number of hydrogen-bond acceptors (Lipinski definition) is 19. The molecule has 0 aliphatic carbocycles. The van der Waals surface area contributed by atoms with Gasteiger partial charge in [0.1, 0.15) is 54.4 Å². The molecule has 0 aromatic rings. The number of nitrogens with one attached hydrogen (secondary N) is 10. The number of primary amides is 1. The number of carboxylic acid groups (broad SMARTS) is 3. The van der Waals surface area contributed by atoms with Crippen LogP contribution in [0.25, 0.3) is 0 Å². The minimum atomic E-state index is -1.86. The van der Waals surface area contributed by atoms with Crippen LogP contribution in [0.15, 0.2) is 0 Å². The van der Waals surface area contributed by atoms with Crippen molar-refractivity contribution in [3.63, 3.8) is 0 Å². The Morgan fingerprint density at radius 1 is 0.442 bits per heavy atom. The van der Waals surface area contributed by atoms with Crippen LogP contribution < -0.4 is 76.1 Å². The van der Waals surface area contributed by atoms with E-state index in [4.69, 9.17) is 22.9 Å². The second kappa shape index (κ2) is 40.7. The average molecular weight is 1230 g/mol. The van der Waals surface area contributed by atoms with Crippen molar-refractivity contribution in [3.05, 3.63) is 0 Å². The van der Waals surface area contributed by atoms with Gasteiger partial charge in [0.25, 0.3) is 0 Å². The molecule has 0 aliphatic rings. The number of carboxylic acids is 3. The van der Waals surface area contributed by atoms with Crippen LogP contribution in [0.5, 0.6) is 0 Å². The molecule has 0 heterocycles. The molecule has 0 bridgehead atoms. The minimum absolute atomic E-state index is 0.0111. The number of aliphatic hydroxyl groups excluding tert-OH is 2. The summed E-state index contributed by atoms with van der Waals surface area (Å²) < 4.78 is 0. The van der Waals surface area contributed by atoms with E-state index in [-0.39, 0.29) is 44.7 Å². The fourth-order valence-electron chi connectivity index (χ4n) is 8.25. The largest absolute Gasteiger partial charge is 0.481 e. The lowest BCUT2D eigenvalue weighted by Gasteiger charge is -2.31. The molecule has 86 heavy (non-hydrogen) atoms. The summed E-state index contributed by atoms with van der Waals surface area (Å²) in [6, 6.07) is -15.8. The van der Waals surface area contributed by atoms with E-state index in [1.165, 1.54) is 20.8 Å². The van der Waals surface area contributed by atoms with Gasteiger partial charge in [0.05, 0.1) is 31.2 Å². The summed E-state index contributed by atoms with van der Waals surface area (Å²) in [7, 11) is 0. The van der Waals surface area contributed by atoms with E-state index in [0.717, 1.165) is 13.8 Å². The SMILES string of the molecule is CC[C@H](C)[C@H](NC(=O)[C@@H](NC(=O)CNC(=O)[C@@H](N)CC(N)=O)[C@@H](C)O)C(=O)N[C@H](C(=O)N[C@H](C(=O)N[C@@H](CCC(=O)O)C(=O)N[C@@H](CCC(=O)O)C(=O)N[C@@H](CC(C)C)C(=O)N[C@@H](CCCCN)C(=O)N[C@@H](CCCCN)C(=O)O)C(C)C)[C@@H](C)O. The van der Waals surface area contributed by atoms with Crippen molar-refractivity contribution in [2.24, 2.45) is 40.7 Å². The van der Waals surface area contributed by atoms with Crippen LogP contribution in [0, 0.1) is 17.8 Å². The third-order valence-electron chi connectivity index (χ3n) is 13.4. The van der Waals surface area contributed by atoms with Crippen LogP contribution in [0.2, 0.25) is 0 Å². The summed E-state index contributed by atoms with van der Waals surface area (Å²) in [5.41, 5.74) is 21.8. The molecular weight excluding hydrogens is 1140 g/mol. The summed E-state index contributed by atoms with van der Waals surface area (Å²) >= 11 is 0. The van der Waals surface area contributed by atoms with E-state index in [9.17, 15) is 92.7 Å². The Morgan fingerprint density at radius 3 is 1.22 bits per heavy atom. The fraction of sp³-hybridized carbons (Fsp3) is 0.736. The maximum atomic E-state index is 14.1. The number of amides is 11. The van der Waals surface area contributed by atoms with Crippen molar-refractivity contribution in [1.29, 1.82) is 0 Å². The van der Waals surface area contributed by atoms with Crippen molar-refractivity contribution in [1.82, 2.24) is 53.2 Å². The highest BCUT2D eigenvalue weighted by molar-refractivity contribution is 5.99. The third-order valence-corrected chi connectivity index (χ3v) is 13.4. The molecule has 13 atom stereocenters. The summed E-state index contributed by atoms with van der Waals surface area (Å²) in [5.74, 6) is -17.4. The Hall–Kier alpha value is -7.62. The maximum absolute atomic E-state index is 14.1. The smallest absolute Gasteiger partial charge is 0.326 e. The molecule has 490 valence electrons. The van der Waals surface area contributed by atoms with Crippen molar-refractivity contribution in [3.8, 4) is 0 Å². The van der Waals surface area contributed by atoms with Crippen molar-refractivity contribution >= 4 is 82.9 Å². The highest BCUT2D eigenvalue weighted by Crippen LogP contribution is 2.14. The zero-order chi connectivity index (χ0) is 66.1. The highest BCUT2D eigenvalue weighted by Gasteiger charge is 2.39. The predicted octanol–water partition coefficient (Wildman–Crippen LogP) is -5.75. The van der Waals surface area contributed by atoms with E-state index >= 15 is 0 Å². The van der Waals surface area contributed by atoms with Gasteiger partial charge in [0.2, 0.25) is 65.0 Å². The quantitative estimate of drug-likeness (QED) is 0.0253. The molecule has 0 saturated heterocycles. The average Bonchev–Trinajstić information content (AvgIpc) is 3.48. The van der Waals surface area contributed by atoms with E-state index in [2.05, 4.69) is 53.2 Å². The molecule has 33 heteroatoms. The van der Waals surface area contributed by atoms with Gasteiger partial charge < -0.3 is 102 Å². The van der Waals surface area contributed by atoms with Gasteiger partial charge in [-0.1, -0.05) is 48.0 Å². The van der Waals surface area contributed by atoms with E-state index in [0.29, 0.717) is 25.7 Å². The molecule has 0 aromatic heterocycles. The number of aliphatic carboxylic acids is 3. The molecule has 23 N–H and O–H groups in total. The number of carbonyl (C=O) groups is 14. The third kappa shape index (κ3) is 30.5. The number of carbonyl (C=O) groups excluding carboxylic acids is 11. The normalized spacial score (nSPS) is 15.8. The van der Waals surface area contributed by atoms with Crippen molar-refractivity contribution in [2.75, 3.05) is 19.6 Å². The molecule has 0 aliphatic heterocycles. The first-order chi connectivity index (χ1) is 40.1. The standard InChI is InChI=1S/C53H94N14O19/c1-9-27(6)41(66-51(83)42(28(7)68)64-37(71)24-58-44(76)30(56)23-36(57)70)50(82)67-43(29(8)69)52(84)65-40(26(4)5)49(81)61-33(17-19-39(74)75)46(78)60-32(16-18-38(72)73)47(79)63-35(22-25(2)3)48(80)59-31(14-10-12-20-54)45(77)62-34(53(85)86)15-11-13-21-55/h25-35,40-43,68-69H,9-24,54-56H2,1-8H3,(H2,57,70)(H,58,76)(H,59,80)(H,60,78)(H,61,81)(H,62,77)(H,63,79)(H,64,71)(H,65,84)(H,66,83)(H,67,82)(H,72,73)(H,74,75)(H,85,86)/t27-,28+,29+,30-,31-,32-,33-,34-,35-,40-,41-,42-,43-/m0/s1. The highest BCUT2D eigenvalue weighted by atomic mass is 16.4. The lowest BCUT2D eigenvalue weighted by atomic mass is 9.96. The second-order valence-corrected chi connectivity index (χ2v) is 21.8. The Labute approximate surface area is 499 Å². The summed E-state index contributed by atoms with van der Waals surface area (Å²) in [5, 5.41) is 74.0. The molecule has 0 unspecified atom stereocenters. The molecule has 33 nitrogen and oxygen atoms in total. The molecular formula is C53H94N14O19. The Balaban J connectivity index is 6.76. The number of hydrogen-bond donors (Lipinski definition) is 19. The fourth-order valence-corrected chi connectivity index (χ4v) is 8.25. The molecule has 0 spiro atoms. The van der Waals surface area contributed by atoms with Crippen molar-refractivity contribution in [2.45, 2.75) is 211 Å². The lowest BCUT2D eigenvalue weighted by molar-refractivity contribution is -0.142. The van der Waals surface area contributed by atoms with Gasteiger partial charge in [0, 0.05) is 12.8 Å². The van der Waals surface area contributed by atoms with Crippen LogP contribution in [-0.2, 0) is 67.1 Å². The monoisotopic (exact) mass is 1230 g/mol. The Bertz CT molecular complexity index is 2310. The first kappa shape index (κ1) is 78.4. The van der Waals surface area contributed by atoms with Gasteiger partial charge in [0.15, 0.2) is 0 Å². The van der Waals surface area contributed by atoms with Crippen LogP contribution in [0.1, 0.15) is 139 Å². The molecule has 11 amide bonds. The first-order valence-corrected chi connectivity index (χ1v) is 28.6. The zero-order valence-corrected chi connectivity index (χ0v) is 50.2. The van der Waals surface area contributed by atoms with Gasteiger partial charge in [-0.3, -0.25) is 62.3 Å². The van der Waals surface area contributed by atoms with Crippen LogP contribution in [0.4, 0.5) is 0 Å². The Kier molecular flexibility index (Phi) is 37.0. The molecule has 0 radical (unpaired) electrons. The predicted molar refractivity (Wildman–Crippen MR) is 306 cm³/mol. The van der Waals surface area contributed by atoms with E-state index in [1.807, 2.05) is 0 Å². The number of rotatable bonds is 44. The van der Waals surface area contributed by atoms with Gasteiger partial charge in [-0.25, -0.2) is 4.79 Å². The summed E-state index contributed by atoms with van der Waals surface area (Å²) in [6.45, 7) is 11.5. The summed E-state index contributed by atoms with van der Waals surface area (Å²) in [6.07, 6.45) is -4.77. The molecule has 0 saturated carbocycles. The van der Waals surface area contributed by atoms with Crippen LogP contribution in [0.3, 0.4) is 0 Å². The molecule has 0 aromatic carbocycles. The van der Waals surface area contributed by atoms with Crippen molar-refractivity contribution < 1.29 is 92.7 Å². The van der Waals surface area contributed by atoms with Gasteiger partial charge in [-0.05, 0) is 102 Å². The van der Waals surface area contributed by atoms with Gasteiger partial charge in [-0.15, -0.1) is 0 Å². The number of nitrogens with two attached hydrogens (primary N) is 4. The van der Waals surface area contributed by atoms with Crippen LogP contribution >= 0.6 is 0 Å². The summed E-state index contributed by atoms with van der Waals surface area (Å²) in [4.78, 5) is 183. The first-order valence-electron chi connectivity index (χ1n) is 28.6. The van der Waals surface area contributed by atoms with Crippen LogP contribution in [-0.4, -0.2) is 201 Å². The molecule has 0 rings (SSSR count). The Morgan fingerprint density at radius 2 is 0.814 bits per heavy atom. The number of aliphatic hydroxyl groups is 2. The zero-order valence-electron chi connectivity index (χ0n) is 50.2. The van der Waals surface area contributed by atoms with E-state index in [1.54, 1.807) is 20.8 Å². The maximum Gasteiger partial charge on any atom is 0.326 e. The minimum Gasteiger partial charge on any atom is -0.481 e. The molecule has 0 fully saturated rings. The van der Waals surface area contributed by atoms with E-state index < -0.39 is 206 Å². The second-order valence-electron chi connectivity index (χ2n) is 21.8. The van der Waals surface area contributed by atoms with Gasteiger partial charge in [-0.2, -0.15) is 0 Å². The number of unbranched alkanes of at least 4 members (excludes halogenated alkanes) is 2.